The molecule has 0 saturated heterocycles. The molecular formula is C25H50O. The standard InChI is InChI=1S/C25H50O/c1-13-19(7)22(9,15-3)24(11,17-5)21(26)25(12,18-6)23(10,16-4)20(8)14-2/h19-20H,13-18H2,1-12H3. The van der Waals surface area contributed by atoms with Crippen molar-refractivity contribution in [2.45, 2.75) is 122 Å². The number of Topliss-reactive ketones (excluding diaryl/α,β-unsaturated/α-hetero) is 1. The summed E-state index contributed by atoms with van der Waals surface area (Å²) in [5.41, 5.74) is -0.500. The minimum atomic E-state index is -0.286. The summed E-state index contributed by atoms with van der Waals surface area (Å²) in [4.78, 5) is 14.4. The van der Waals surface area contributed by atoms with Crippen LogP contribution in [0, 0.1) is 33.5 Å². The van der Waals surface area contributed by atoms with E-state index in [1.807, 2.05) is 0 Å². The molecule has 0 bridgehead atoms. The van der Waals surface area contributed by atoms with Crippen LogP contribution in [0.1, 0.15) is 122 Å². The molecule has 0 radical (unpaired) electrons. The maximum atomic E-state index is 14.4. The van der Waals surface area contributed by atoms with Gasteiger partial charge in [-0.3, -0.25) is 4.79 Å². The summed E-state index contributed by atoms with van der Waals surface area (Å²) in [6.45, 7) is 27.6. The molecule has 1 heteroatoms. The first-order chi connectivity index (χ1) is 11.9. The van der Waals surface area contributed by atoms with Crippen molar-refractivity contribution in [3.05, 3.63) is 0 Å². The smallest absolute Gasteiger partial charge is 0.145 e. The van der Waals surface area contributed by atoms with Gasteiger partial charge in [-0.15, -0.1) is 0 Å². The summed E-state index contributed by atoms with van der Waals surface area (Å²) in [5, 5.41) is 0. The summed E-state index contributed by atoms with van der Waals surface area (Å²) in [6.07, 6.45) is 6.24. The Labute approximate surface area is 166 Å². The van der Waals surface area contributed by atoms with Crippen LogP contribution >= 0.6 is 0 Å². The Hall–Kier alpha value is -0.330. The molecule has 0 saturated carbocycles. The zero-order chi connectivity index (χ0) is 21.0. The third kappa shape index (κ3) is 3.66. The van der Waals surface area contributed by atoms with Crippen LogP contribution in [0.4, 0.5) is 0 Å². The molecule has 156 valence electrons. The van der Waals surface area contributed by atoms with Gasteiger partial charge in [0, 0.05) is 10.8 Å². The van der Waals surface area contributed by atoms with Crippen molar-refractivity contribution in [1.29, 1.82) is 0 Å². The van der Waals surface area contributed by atoms with Gasteiger partial charge in [0.2, 0.25) is 0 Å². The number of hydrogen-bond acceptors (Lipinski definition) is 1. The summed E-state index contributed by atoms with van der Waals surface area (Å²) < 4.78 is 0. The highest BCUT2D eigenvalue weighted by molar-refractivity contribution is 5.91. The molecule has 0 fully saturated rings. The lowest BCUT2D eigenvalue weighted by molar-refractivity contribution is -0.161. The van der Waals surface area contributed by atoms with Crippen molar-refractivity contribution in [3.8, 4) is 0 Å². The maximum Gasteiger partial charge on any atom is 0.145 e. The molecule has 1 nitrogen and oxygen atoms in total. The highest BCUT2D eigenvalue weighted by Gasteiger charge is 2.59. The van der Waals surface area contributed by atoms with E-state index in [-0.39, 0.29) is 21.7 Å². The van der Waals surface area contributed by atoms with Gasteiger partial charge in [0.15, 0.2) is 0 Å². The zero-order valence-corrected chi connectivity index (χ0v) is 20.3. The van der Waals surface area contributed by atoms with Crippen molar-refractivity contribution in [1.82, 2.24) is 0 Å². The van der Waals surface area contributed by atoms with Crippen LogP contribution in [0.25, 0.3) is 0 Å². The number of rotatable bonds is 12. The fraction of sp³-hybridized carbons (Fsp3) is 0.960. The summed E-state index contributed by atoms with van der Waals surface area (Å²) >= 11 is 0. The van der Waals surface area contributed by atoms with Crippen LogP contribution in [0.2, 0.25) is 0 Å². The van der Waals surface area contributed by atoms with Crippen LogP contribution in [-0.4, -0.2) is 5.78 Å². The average Bonchev–Trinajstić information content (AvgIpc) is 2.68. The van der Waals surface area contributed by atoms with E-state index >= 15 is 0 Å². The number of carbonyl (C=O) groups is 1. The summed E-state index contributed by atoms with van der Waals surface area (Å²) in [5.74, 6) is 1.60. The molecule has 0 heterocycles. The molecule has 0 aliphatic rings. The average molecular weight is 367 g/mol. The minimum Gasteiger partial charge on any atom is -0.298 e. The van der Waals surface area contributed by atoms with Crippen molar-refractivity contribution < 1.29 is 4.79 Å². The summed E-state index contributed by atoms with van der Waals surface area (Å²) in [7, 11) is 0. The van der Waals surface area contributed by atoms with E-state index in [1.54, 1.807) is 0 Å². The maximum absolute atomic E-state index is 14.4. The quantitative estimate of drug-likeness (QED) is 0.339. The Morgan fingerprint density at radius 2 is 0.885 bits per heavy atom. The second-order valence-corrected chi connectivity index (χ2v) is 9.86. The van der Waals surface area contributed by atoms with Gasteiger partial charge >= 0.3 is 0 Å². The Morgan fingerprint density at radius 1 is 0.615 bits per heavy atom. The van der Waals surface area contributed by atoms with E-state index in [4.69, 9.17) is 0 Å². The molecule has 0 aliphatic heterocycles. The van der Waals surface area contributed by atoms with Crippen molar-refractivity contribution in [2.75, 3.05) is 0 Å². The van der Waals surface area contributed by atoms with E-state index in [2.05, 4.69) is 83.1 Å². The van der Waals surface area contributed by atoms with Crippen molar-refractivity contribution in [2.24, 2.45) is 33.5 Å². The van der Waals surface area contributed by atoms with Crippen LogP contribution in [-0.2, 0) is 4.79 Å². The van der Waals surface area contributed by atoms with Crippen LogP contribution in [0.5, 0.6) is 0 Å². The molecular weight excluding hydrogens is 316 g/mol. The SMILES string of the molecule is CCC(C)C(C)(CC)C(C)(CC)C(=O)C(C)(CC)C(C)(CC)C(C)CC. The van der Waals surface area contributed by atoms with Gasteiger partial charge in [-0.05, 0) is 48.3 Å². The second-order valence-electron chi connectivity index (χ2n) is 9.86. The molecule has 0 N–H and O–H groups in total. The predicted octanol–water partition coefficient (Wildman–Crippen LogP) is 8.31. The molecule has 26 heavy (non-hydrogen) atoms. The molecule has 0 amide bonds. The van der Waals surface area contributed by atoms with E-state index in [0.29, 0.717) is 17.6 Å². The third-order valence-corrected chi connectivity index (χ3v) is 9.81. The van der Waals surface area contributed by atoms with Crippen molar-refractivity contribution in [3.63, 3.8) is 0 Å². The number of carbonyl (C=O) groups excluding carboxylic acids is 1. The Kier molecular flexibility index (Phi) is 9.13. The predicted molar refractivity (Wildman–Crippen MR) is 118 cm³/mol. The number of ketones is 1. The van der Waals surface area contributed by atoms with Crippen LogP contribution < -0.4 is 0 Å². The highest BCUT2D eigenvalue weighted by atomic mass is 16.1. The largest absolute Gasteiger partial charge is 0.298 e. The lowest BCUT2D eigenvalue weighted by Gasteiger charge is -2.57. The van der Waals surface area contributed by atoms with Gasteiger partial charge < -0.3 is 0 Å². The molecule has 0 spiro atoms. The van der Waals surface area contributed by atoms with E-state index in [1.165, 1.54) is 0 Å². The van der Waals surface area contributed by atoms with Gasteiger partial charge in [0.1, 0.15) is 5.78 Å². The Bertz CT molecular complexity index is 415. The van der Waals surface area contributed by atoms with E-state index in [0.717, 1.165) is 38.5 Å². The molecule has 0 aromatic carbocycles. The first-order valence-corrected chi connectivity index (χ1v) is 11.4. The van der Waals surface area contributed by atoms with Gasteiger partial charge in [-0.1, -0.05) is 95.9 Å². The number of hydrogen-bond donors (Lipinski definition) is 0. The zero-order valence-electron chi connectivity index (χ0n) is 20.3. The third-order valence-electron chi connectivity index (χ3n) is 9.81. The Balaban J connectivity index is 6.53. The fourth-order valence-corrected chi connectivity index (χ4v) is 5.72. The fourth-order valence-electron chi connectivity index (χ4n) is 5.72. The van der Waals surface area contributed by atoms with Gasteiger partial charge in [-0.2, -0.15) is 0 Å². The molecule has 0 aromatic heterocycles. The summed E-state index contributed by atoms with van der Waals surface area (Å²) in [6, 6.07) is 0. The topological polar surface area (TPSA) is 17.1 Å². The first-order valence-electron chi connectivity index (χ1n) is 11.4. The monoisotopic (exact) mass is 366 g/mol. The van der Waals surface area contributed by atoms with Gasteiger partial charge in [0.25, 0.3) is 0 Å². The molecule has 0 rings (SSSR count). The lowest BCUT2D eigenvalue weighted by atomic mass is 9.46. The van der Waals surface area contributed by atoms with Crippen LogP contribution in [0.15, 0.2) is 0 Å². The van der Waals surface area contributed by atoms with Crippen molar-refractivity contribution >= 4 is 5.78 Å². The molecule has 0 aromatic rings. The highest BCUT2D eigenvalue weighted by Crippen LogP contribution is 2.59. The second kappa shape index (κ2) is 9.24. The van der Waals surface area contributed by atoms with E-state index in [9.17, 15) is 4.79 Å². The minimum absolute atomic E-state index is 0.0358. The Morgan fingerprint density at radius 3 is 1.04 bits per heavy atom. The normalized spacial score (nSPS) is 23.8. The lowest BCUT2D eigenvalue weighted by Crippen LogP contribution is -2.57. The van der Waals surface area contributed by atoms with Gasteiger partial charge in [-0.25, -0.2) is 0 Å². The first kappa shape index (κ1) is 25.7. The van der Waals surface area contributed by atoms with E-state index < -0.39 is 0 Å². The van der Waals surface area contributed by atoms with Crippen LogP contribution in [0.3, 0.4) is 0 Å². The molecule has 6 unspecified atom stereocenters. The molecule has 6 atom stereocenters. The van der Waals surface area contributed by atoms with Gasteiger partial charge in [0.05, 0.1) is 0 Å². The molecule has 0 aliphatic carbocycles.